The third-order valence-electron chi connectivity index (χ3n) is 3.88. The van der Waals surface area contributed by atoms with E-state index in [1.165, 1.54) is 5.57 Å². The highest BCUT2D eigenvalue weighted by Gasteiger charge is 2.27. The molecule has 4 heteroatoms. The van der Waals surface area contributed by atoms with E-state index in [4.69, 9.17) is 4.74 Å². The van der Waals surface area contributed by atoms with E-state index in [1.807, 2.05) is 0 Å². The summed E-state index contributed by atoms with van der Waals surface area (Å²) in [4.78, 5) is 12.1. The molecular weight excluding hydrogens is 228 g/mol. The molecule has 2 N–H and O–H groups in total. The molecule has 18 heavy (non-hydrogen) atoms. The van der Waals surface area contributed by atoms with Crippen LogP contribution < -0.4 is 10.6 Å². The van der Waals surface area contributed by atoms with Gasteiger partial charge in [-0.05, 0) is 31.7 Å². The second kappa shape index (κ2) is 6.90. The van der Waals surface area contributed by atoms with E-state index in [9.17, 15) is 4.79 Å². The van der Waals surface area contributed by atoms with E-state index >= 15 is 0 Å². The van der Waals surface area contributed by atoms with Crippen LogP contribution in [0, 0.1) is 11.8 Å². The maximum atomic E-state index is 12.1. The Balaban J connectivity index is 1.69. The van der Waals surface area contributed by atoms with Crippen LogP contribution in [0.25, 0.3) is 0 Å². The molecule has 1 fully saturated rings. The van der Waals surface area contributed by atoms with Crippen molar-refractivity contribution >= 4 is 5.91 Å². The minimum Gasteiger partial charge on any atom is -0.381 e. The van der Waals surface area contributed by atoms with Crippen molar-refractivity contribution in [3.63, 3.8) is 0 Å². The zero-order chi connectivity index (χ0) is 12.8. The molecule has 102 valence electrons. The molecule has 0 aromatic carbocycles. The van der Waals surface area contributed by atoms with Crippen LogP contribution in [0.15, 0.2) is 11.6 Å². The Morgan fingerprint density at radius 2 is 2.50 bits per heavy atom. The first-order valence-corrected chi connectivity index (χ1v) is 7.01. The number of carbonyl (C=O) groups excluding carboxylic acids is 1. The van der Waals surface area contributed by atoms with Gasteiger partial charge >= 0.3 is 0 Å². The van der Waals surface area contributed by atoms with E-state index in [2.05, 4.69) is 23.6 Å². The fourth-order valence-corrected chi connectivity index (χ4v) is 2.64. The Morgan fingerprint density at radius 1 is 1.61 bits per heavy atom. The molecule has 2 heterocycles. The number of hydrogen-bond acceptors (Lipinski definition) is 3. The monoisotopic (exact) mass is 252 g/mol. The molecule has 1 saturated heterocycles. The first kappa shape index (κ1) is 13.6. The molecule has 2 atom stereocenters. The second-order valence-electron chi connectivity index (χ2n) is 5.30. The average molecular weight is 252 g/mol. The number of carbonyl (C=O) groups is 1. The predicted octanol–water partition coefficient (Wildman–Crippen LogP) is 1.08. The highest BCUT2D eigenvalue weighted by molar-refractivity contribution is 5.79. The van der Waals surface area contributed by atoms with Crippen molar-refractivity contribution in [3.8, 4) is 0 Å². The molecule has 0 bridgehead atoms. The Hall–Kier alpha value is -0.870. The van der Waals surface area contributed by atoms with Crippen molar-refractivity contribution in [2.75, 3.05) is 32.8 Å². The van der Waals surface area contributed by atoms with Crippen molar-refractivity contribution in [3.05, 3.63) is 11.6 Å². The van der Waals surface area contributed by atoms with Crippen LogP contribution in [-0.4, -0.2) is 38.8 Å². The Morgan fingerprint density at radius 3 is 3.22 bits per heavy atom. The molecule has 0 aromatic heterocycles. The first-order chi connectivity index (χ1) is 8.77. The normalized spacial score (nSPS) is 28.6. The summed E-state index contributed by atoms with van der Waals surface area (Å²) in [5, 5.41) is 6.37. The molecule has 2 aliphatic rings. The lowest BCUT2D eigenvalue weighted by Crippen LogP contribution is -2.39. The topological polar surface area (TPSA) is 50.4 Å². The van der Waals surface area contributed by atoms with Gasteiger partial charge in [-0.15, -0.1) is 0 Å². The standard InChI is InChI=1S/C14H24N2O2/c1-11-10-18-9-5-13(11)14(17)16-8-4-12-2-6-15-7-3-12/h2,11,13,15H,3-10H2,1H3,(H,16,17). The SMILES string of the molecule is CC1COCCC1C(=O)NCCC1=CCNCC1. The Labute approximate surface area is 109 Å². The highest BCUT2D eigenvalue weighted by Crippen LogP contribution is 2.21. The van der Waals surface area contributed by atoms with Gasteiger partial charge in [0.05, 0.1) is 0 Å². The lowest BCUT2D eigenvalue weighted by Gasteiger charge is -2.27. The van der Waals surface area contributed by atoms with Gasteiger partial charge in [-0.1, -0.05) is 18.6 Å². The minimum atomic E-state index is 0.140. The Bertz CT molecular complexity index is 315. The molecule has 4 nitrogen and oxygen atoms in total. The quantitative estimate of drug-likeness (QED) is 0.736. The molecule has 0 aliphatic carbocycles. The smallest absolute Gasteiger partial charge is 0.223 e. The minimum absolute atomic E-state index is 0.140. The number of ether oxygens (including phenoxy) is 1. The van der Waals surface area contributed by atoms with Gasteiger partial charge in [-0.25, -0.2) is 0 Å². The maximum Gasteiger partial charge on any atom is 0.223 e. The average Bonchev–Trinajstić information content (AvgIpc) is 2.40. The van der Waals surface area contributed by atoms with Crippen molar-refractivity contribution in [1.82, 2.24) is 10.6 Å². The third-order valence-corrected chi connectivity index (χ3v) is 3.88. The van der Waals surface area contributed by atoms with E-state index in [1.54, 1.807) is 0 Å². The van der Waals surface area contributed by atoms with E-state index in [0.717, 1.165) is 52.1 Å². The molecule has 2 unspecified atom stereocenters. The van der Waals surface area contributed by atoms with E-state index in [0.29, 0.717) is 5.92 Å². The van der Waals surface area contributed by atoms with Gasteiger partial charge in [0.15, 0.2) is 0 Å². The number of amides is 1. The van der Waals surface area contributed by atoms with Crippen molar-refractivity contribution in [2.45, 2.75) is 26.2 Å². The fraction of sp³-hybridized carbons (Fsp3) is 0.786. The highest BCUT2D eigenvalue weighted by atomic mass is 16.5. The van der Waals surface area contributed by atoms with Gasteiger partial charge in [0.1, 0.15) is 0 Å². The van der Waals surface area contributed by atoms with Gasteiger partial charge in [-0.2, -0.15) is 0 Å². The first-order valence-electron chi connectivity index (χ1n) is 7.01. The van der Waals surface area contributed by atoms with Crippen LogP contribution in [0.1, 0.15) is 26.2 Å². The van der Waals surface area contributed by atoms with Crippen molar-refractivity contribution < 1.29 is 9.53 Å². The molecule has 1 amide bonds. The summed E-state index contributed by atoms with van der Waals surface area (Å²) in [6.45, 7) is 6.35. The third kappa shape index (κ3) is 3.82. The predicted molar refractivity (Wildman–Crippen MR) is 71.3 cm³/mol. The van der Waals surface area contributed by atoms with Crippen molar-refractivity contribution in [2.24, 2.45) is 11.8 Å². The van der Waals surface area contributed by atoms with Crippen LogP contribution >= 0.6 is 0 Å². The molecule has 0 saturated carbocycles. The van der Waals surface area contributed by atoms with Crippen LogP contribution in [-0.2, 0) is 9.53 Å². The van der Waals surface area contributed by atoms with Crippen molar-refractivity contribution in [1.29, 1.82) is 0 Å². The van der Waals surface area contributed by atoms with E-state index in [-0.39, 0.29) is 11.8 Å². The van der Waals surface area contributed by atoms with Crippen LogP contribution in [0.4, 0.5) is 0 Å². The Kier molecular flexibility index (Phi) is 5.20. The molecule has 2 rings (SSSR count). The number of hydrogen-bond donors (Lipinski definition) is 2. The van der Waals surface area contributed by atoms with Gasteiger partial charge < -0.3 is 15.4 Å². The lowest BCUT2D eigenvalue weighted by atomic mass is 9.89. The zero-order valence-electron chi connectivity index (χ0n) is 11.2. The summed E-state index contributed by atoms with van der Waals surface area (Å²) in [5.41, 5.74) is 1.47. The maximum absolute atomic E-state index is 12.1. The largest absolute Gasteiger partial charge is 0.381 e. The van der Waals surface area contributed by atoms with Crippen LogP contribution in [0.5, 0.6) is 0 Å². The number of nitrogens with one attached hydrogen (secondary N) is 2. The summed E-state index contributed by atoms with van der Waals surface area (Å²) in [7, 11) is 0. The fourth-order valence-electron chi connectivity index (χ4n) is 2.64. The van der Waals surface area contributed by atoms with Gasteiger partial charge in [-0.3, -0.25) is 4.79 Å². The summed E-state index contributed by atoms with van der Waals surface area (Å²) >= 11 is 0. The molecular formula is C14H24N2O2. The second-order valence-corrected chi connectivity index (χ2v) is 5.30. The molecule has 2 aliphatic heterocycles. The summed E-state index contributed by atoms with van der Waals surface area (Å²) in [6.07, 6.45) is 5.21. The van der Waals surface area contributed by atoms with Gasteiger partial charge in [0, 0.05) is 32.2 Å². The van der Waals surface area contributed by atoms with Gasteiger partial charge in [0.2, 0.25) is 5.91 Å². The van der Waals surface area contributed by atoms with Crippen LogP contribution in [0.2, 0.25) is 0 Å². The summed E-state index contributed by atoms with van der Waals surface area (Å²) in [6, 6.07) is 0. The molecule has 0 radical (unpaired) electrons. The summed E-state index contributed by atoms with van der Waals surface area (Å²) < 4.78 is 5.37. The summed E-state index contributed by atoms with van der Waals surface area (Å²) in [5.74, 6) is 0.693. The van der Waals surface area contributed by atoms with E-state index < -0.39 is 0 Å². The lowest BCUT2D eigenvalue weighted by molar-refractivity contribution is -0.130. The number of rotatable bonds is 4. The van der Waals surface area contributed by atoms with Crippen LogP contribution in [0.3, 0.4) is 0 Å². The van der Waals surface area contributed by atoms with Gasteiger partial charge in [0.25, 0.3) is 0 Å². The zero-order valence-corrected chi connectivity index (χ0v) is 11.2. The molecule has 0 aromatic rings. The molecule has 0 spiro atoms.